The average molecular weight is 283 g/mol. The molecular weight excluding hydrogens is 264 g/mol. The summed E-state index contributed by atoms with van der Waals surface area (Å²) in [5.41, 5.74) is 1.10. The van der Waals surface area contributed by atoms with Crippen LogP contribution in [0.3, 0.4) is 0 Å². The van der Waals surface area contributed by atoms with E-state index in [0.29, 0.717) is 17.6 Å². The van der Waals surface area contributed by atoms with E-state index in [2.05, 4.69) is 5.32 Å². The Morgan fingerprint density at radius 1 is 1.32 bits per heavy atom. The fraction of sp³-hybridized carbons (Fsp3) is 0.500. The molecule has 0 spiro atoms. The smallest absolute Gasteiger partial charge is 0.317 e. The van der Waals surface area contributed by atoms with E-state index in [1.165, 1.54) is 0 Å². The van der Waals surface area contributed by atoms with Gasteiger partial charge in [0, 0.05) is 17.6 Å². The highest BCUT2D eigenvalue weighted by atomic mass is 35.5. The zero-order valence-electron chi connectivity index (χ0n) is 10.8. The molecule has 0 unspecified atom stereocenters. The third-order valence-electron chi connectivity index (χ3n) is 3.46. The fourth-order valence-corrected chi connectivity index (χ4v) is 2.61. The average Bonchev–Trinajstić information content (AvgIpc) is 2.41. The van der Waals surface area contributed by atoms with Crippen LogP contribution in [-0.2, 0) is 11.3 Å². The number of hydrogen-bond donors (Lipinski definition) is 2. The minimum absolute atomic E-state index is 0.0906. The van der Waals surface area contributed by atoms with Crippen LogP contribution in [0.1, 0.15) is 18.4 Å². The summed E-state index contributed by atoms with van der Waals surface area (Å²) in [4.78, 5) is 13.1. The maximum Gasteiger partial charge on any atom is 0.317 e. The molecule has 1 aliphatic heterocycles. The number of hydrogen-bond acceptors (Lipinski definition) is 3. The predicted octanol–water partition coefficient (Wildman–Crippen LogP) is 1.98. The normalized spacial score (nSPS) is 16.7. The van der Waals surface area contributed by atoms with Gasteiger partial charge in [-0.15, -0.1) is 0 Å². The van der Waals surface area contributed by atoms with Gasteiger partial charge in [-0.05, 0) is 43.6 Å². The van der Waals surface area contributed by atoms with Gasteiger partial charge in [-0.3, -0.25) is 9.69 Å². The Bertz CT molecular complexity index is 416. The van der Waals surface area contributed by atoms with E-state index in [-0.39, 0.29) is 6.54 Å². The van der Waals surface area contributed by atoms with E-state index in [1.54, 1.807) is 0 Å². The third kappa shape index (κ3) is 4.49. The van der Waals surface area contributed by atoms with E-state index in [9.17, 15) is 4.79 Å². The first-order chi connectivity index (χ1) is 9.15. The van der Waals surface area contributed by atoms with Crippen LogP contribution in [0, 0.1) is 0 Å². The van der Waals surface area contributed by atoms with Crippen LogP contribution in [0.2, 0.25) is 5.02 Å². The van der Waals surface area contributed by atoms with Crippen molar-refractivity contribution in [3.63, 3.8) is 0 Å². The topological polar surface area (TPSA) is 52.6 Å². The SMILES string of the molecule is O=C(O)CN(Cc1ccc(Cl)cc1)C1CCNCC1. The molecule has 0 amide bonds. The van der Waals surface area contributed by atoms with Crippen LogP contribution in [0.4, 0.5) is 0 Å². The molecule has 0 aromatic heterocycles. The minimum atomic E-state index is -0.771. The van der Waals surface area contributed by atoms with E-state index >= 15 is 0 Å². The van der Waals surface area contributed by atoms with Gasteiger partial charge in [-0.25, -0.2) is 0 Å². The quantitative estimate of drug-likeness (QED) is 0.867. The highest BCUT2D eigenvalue weighted by molar-refractivity contribution is 6.30. The van der Waals surface area contributed by atoms with Crippen LogP contribution in [0.15, 0.2) is 24.3 Å². The van der Waals surface area contributed by atoms with Crippen molar-refractivity contribution >= 4 is 17.6 Å². The number of carboxylic acid groups (broad SMARTS) is 1. The summed E-state index contributed by atoms with van der Waals surface area (Å²) in [5, 5.41) is 13.1. The van der Waals surface area contributed by atoms with E-state index in [1.807, 2.05) is 29.2 Å². The number of carbonyl (C=O) groups is 1. The lowest BCUT2D eigenvalue weighted by Gasteiger charge is -2.33. The molecule has 4 nitrogen and oxygen atoms in total. The molecular formula is C14H19ClN2O2. The van der Waals surface area contributed by atoms with Gasteiger partial charge in [-0.1, -0.05) is 23.7 Å². The maximum atomic E-state index is 11.0. The molecule has 1 saturated heterocycles. The van der Waals surface area contributed by atoms with Gasteiger partial charge in [-0.2, -0.15) is 0 Å². The molecule has 0 aliphatic carbocycles. The van der Waals surface area contributed by atoms with Crippen molar-refractivity contribution in [3.05, 3.63) is 34.9 Å². The largest absolute Gasteiger partial charge is 0.480 e. The molecule has 1 aliphatic rings. The van der Waals surface area contributed by atoms with Crippen molar-refractivity contribution in [2.24, 2.45) is 0 Å². The molecule has 19 heavy (non-hydrogen) atoms. The van der Waals surface area contributed by atoms with Crippen LogP contribution in [0.5, 0.6) is 0 Å². The number of aliphatic carboxylic acids is 1. The van der Waals surface area contributed by atoms with Crippen molar-refractivity contribution in [1.82, 2.24) is 10.2 Å². The van der Waals surface area contributed by atoms with E-state index in [4.69, 9.17) is 16.7 Å². The zero-order valence-corrected chi connectivity index (χ0v) is 11.6. The van der Waals surface area contributed by atoms with Crippen molar-refractivity contribution in [1.29, 1.82) is 0 Å². The fourth-order valence-electron chi connectivity index (χ4n) is 2.48. The molecule has 104 valence electrons. The second kappa shape index (κ2) is 6.89. The number of nitrogens with zero attached hydrogens (tertiary/aromatic N) is 1. The van der Waals surface area contributed by atoms with Gasteiger partial charge < -0.3 is 10.4 Å². The Hall–Kier alpha value is -1.10. The number of rotatable bonds is 5. The number of benzene rings is 1. The summed E-state index contributed by atoms with van der Waals surface area (Å²) in [7, 11) is 0. The lowest BCUT2D eigenvalue weighted by Crippen LogP contribution is -2.44. The van der Waals surface area contributed by atoms with Crippen LogP contribution in [-0.4, -0.2) is 41.7 Å². The van der Waals surface area contributed by atoms with Crippen LogP contribution >= 0.6 is 11.6 Å². The van der Waals surface area contributed by atoms with Gasteiger partial charge in [0.2, 0.25) is 0 Å². The molecule has 1 heterocycles. The molecule has 0 atom stereocenters. The summed E-state index contributed by atoms with van der Waals surface area (Å²) in [6.07, 6.45) is 2.00. The second-order valence-corrected chi connectivity index (χ2v) is 5.34. The minimum Gasteiger partial charge on any atom is -0.480 e. The van der Waals surface area contributed by atoms with Gasteiger partial charge >= 0.3 is 5.97 Å². The van der Waals surface area contributed by atoms with Crippen molar-refractivity contribution < 1.29 is 9.90 Å². The number of piperidine rings is 1. The summed E-state index contributed by atoms with van der Waals surface area (Å²) >= 11 is 5.87. The summed E-state index contributed by atoms with van der Waals surface area (Å²) in [6, 6.07) is 7.94. The Morgan fingerprint density at radius 3 is 2.53 bits per heavy atom. The number of halogens is 1. The Labute approximate surface area is 118 Å². The van der Waals surface area contributed by atoms with Crippen molar-refractivity contribution in [3.8, 4) is 0 Å². The number of nitrogens with one attached hydrogen (secondary N) is 1. The van der Waals surface area contributed by atoms with Gasteiger partial charge in [0.15, 0.2) is 0 Å². The third-order valence-corrected chi connectivity index (χ3v) is 3.71. The van der Waals surface area contributed by atoms with Crippen molar-refractivity contribution in [2.45, 2.75) is 25.4 Å². The highest BCUT2D eigenvalue weighted by Gasteiger charge is 2.22. The molecule has 1 aromatic rings. The lowest BCUT2D eigenvalue weighted by atomic mass is 10.0. The molecule has 1 aromatic carbocycles. The summed E-state index contributed by atoms with van der Waals surface area (Å²) < 4.78 is 0. The summed E-state index contributed by atoms with van der Waals surface area (Å²) in [6.45, 7) is 2.67. The highest BCUT2D eigenvalue weighted by Crippen LogP contribution is 2.17. The van der Waals surface area contributed by atoms with E-state index in [0.717, 1.165) is 31.5 Å². The summed E-state index contributed by atoms with van der Waals surface area (Å²) in [5.74, 6) is -0.771. The molecule has 2 rings (SSSR count). The molecule has 5 heteroatoms. The first-order valence-corrected chi connectivity index (χ1v) is 6.94. The van der Waals surface area contributed by atoms with Gasteiger partial charge in [0.25, 0.3) is 0 Å². The molecule has 0 bridgehead atoms. The van der Waals surface area contributed by atoms with Crippen LogP contribution in [0.25, 0.3) is 0 Å². The predicted molar refractivity (Wildman–Crippen MR) is 75.4 cm³/mol. The second-order valence-electron chi connectivity index (χ2n) is 4.91. The van der Waals surface area contributed by atoms with Gasteiger partial charge in [0.1, 0.15) is 0 Å². The number of carboxylic acids is 1. The standard InChI is InChI=1S/C14H19ClN2O2/c15-12-3-1-11(2-4-12)9-17(10-14(18)19)13-5-7-16-8-6-13/h1-4,13,16H,5-10H2,(H,18,19). The Morgan fingerprint density at radius 2 is 1.95 bits per heavy atom. The Balaban J connectivity index is 2.03. The van der Waals surface area contributed by atoms with Gasteiger partial charge in [0.05, 0.1) is 6.54 Å². The first-order valence-electron chi connectivity index (χ1n) is 6.56. The molecule has 2 N–H and O–H groups in total. The van der Waals surface area contributed by atoms with Crippen molar-refractivity contribution in [2.75, 3.05) is 19.6 Å². The Kier molecular flexibility index (Phi) is 5.19. The monoisotopic (exact) mass is 282 g/mol. The molecule has 0 radical (unpaired) electrons. The first kappa shape index (κ1) is 14.3. The zero-order chi connectivity index (χ0) is 13.7. The molecule has 1 fully saturated rings. The molecule has 0 saturated carbocycles. The lowest BCUT2D eigenvalue weighted by molar-refractivity contribution is -0.139. The maximum absolute atomic E-state index is 11.0. The van der Waals surface area contributed by atoms with E-state index < -0.39 is 5.97 Å². The van der Waals surface area contributed by atoms with Crippen LogP contribution < -0.4 is 5.32 Å².